The molecule has 0 spiro atoms. The molecule has 0 saturated carbocycles. The minimum atomic E-state index is -4.73. The third-order valence-corrected chi connectivity index (χ3v) is 3.92. The zero-order valence-electron chi connectivity index (χ0n) is 9.37. The maximum absolute atomic E-state index is 12.5. The molecule has 0 aliphatic carbocycles. The van der Waals surface area contributed by atoms with Gasteiger partial charge in [0.25, 0.3) is 0 Å². The molecule has 0 fully saturated rings. The predicted molar refractivity (Wildman–Crippen MR) is 65.5 cm³/mol. The molecule has 18 heavy (non-hydrogen) atoms. The van der Waals surface area contributed by atoms with Crippen molar-refractivity contribution in [1.29, 1.82) is 0 Å². The third kappa shape index (κ3) is 4.58. The average Bonchev–Trinajstić information content (AvgIpc) is 2.58. The van der Waals surface area contributed by atoms with E-state index < -0.39 is 24.6 Å². The largest absolute Gasteiger partial charge is 0.481 e. The molecule has 1 heterocycles. The van der Waals surface area contributed by atoms with E-state index in [-0.39, 0.29) is 6.54 Å². The predicted octanol–water partition coefficient (Wildman–Crippen LogP) is 3.21. The van der Waals surface area contributed by atoms with Gasteiger partial charge in [0.15, 0.2) is 5.92 Å². The minimum absolute atomic E-state index is 0.288. The minimum Gasteiger partial charge on any atom is -0.481 e. The van der Waals surface area contributed by atoms with Crippen molar-refractivity contribution in [3.8, 4) is 0 Å². The highest BCUT2D eigenvalue weighted by Gasteiger charge is 2.45. The maximum Gasteiger partial charge on any atom is 0.403 e. The first-order valence-electron chi connectivity index (χ1n) is 4.91. The van der Waals surface area contributed by atoms with Gasteiger partial charge in [0.1, 0.15) is 0 Å². The lowest BCUT2D eigenvalue weighted by Gasteiger charge is -2.22. The quantitative estimate of drug-likeness (QED) is 0.890. The van der Waals surface area contributed by atoms with Crippen LogP contribution in [0.5, 0.6) is 0 Å². The molecule has 0 bridgehead atoms. The van der Waals surface area contributed by atoms with Gasteiger partial charge in [-0.1, -0.05) is 0 Å². The van der Waals surface area contributed by atoms with E-state index in [1.54, 1.807) is 6.07 Å². The molecule has 1 atom stereocenters. The number of alkyl halides is 3. The van der Waals surface area contributed by atoms with E-state index >= 15 is 0 Å². The van der Waals surface area contributed by atoms with Crippen LogP contribution in [0, 0.1) is 5.92 Å². The summed E-state index contributed by atoms with van der Waals surface area (Å²) in [6.07, 6.45) is -4.73. The van der Waals surface area contributed by atoms with Crippen molar-refractivity contribution in [1.82, 2.24) is 4.90 Å². The molecule has 1 unspecified atom stereocenters. The van der Waals surface area contributed by atoms with Crippen LogP contribution in [-0.4, -0.2) is 35.7 Å². The molecule has 1 rings (SSSR count). The van der Waals surface area contributed by atoms with Crippen molar-refractivity contribution in [2.75, 3.05) is 13.6 Å². The summed E-state index contributed by atoms with van der Waals surface area (Å²) >= 11 is 4.65. The van der Waals surface area contributed by atoms with Crippen LogP contribution in [0.1, 0.15) is 4.88 Å². The lowest BCUT2D eigenvalue weighted by molar-refractivity contribution is -0.196. The monoisotopic (exact) mass is 345 g/mol. The number of hydrogen-bond donors (Lipinski definition) is 1. The van der Waals surface area contributed by atoms with Crippen molar-refractivity contribution in [3.05, 3.63) is 20.8 Å². The number of aliphatic carboxylic acids is 1. The standard InChI is InChI=1S/C10H11BrF3NO2S/c1-15(3-7-2-6(11)5-18-7)4-8(9(16)17)10(12,13)14/h2,5,8H,3-4H2,1H3,(H,16,17). The van der Waals surface area contributed by atoms with E-state index in [9.17, 15) is 18.0 Å². The van der Waals surface area contributed by atoms with Gasteiger partial charge >= 0.3 is 12.1 Å². The zero-order chi connectivity index (χ0) is 13.9. The highest BCUT2D eigenvalue weighted by Crippen LogP contribution is 2.28. The molecule has 8 heteroatoms. The molecule has 0 aromatic carbocycles. The molecular formula is C10H11BrF3NO2S. The van der Waals surface area contributed by atoms with E-state index in [1.165, 1.54) is 23.3 Å². The van der Waals surface area contributed by atoms with Crippen LogP contribution in [0.25, 0.3) is 0 Å². The number of rotatable bonds is 5. The Morgan fingerprint density at radius 2 is 2.22 bits per heavy atom. The molecule has 3 nitrogen and oxygen atoms in total. The maximum atomic E-state index is 12.5. The molecule has 102 valence electrons. The smallest absolute Gasteiger partial charge is 0.403 e. The van der Waals surface area contributed by atoms with Crippen LogP contribution in [0.3, 0.4) is 0 Å². The van der Waals surface area contributed by atoms with Gasteiger partial charge in [-0.3, -0.25) is 4.79 Å². The SMILES string of the molecule is CN(Cc1cc(Br)cs1)CC(C(=O)O)C(F)(F)F. The Balaban J connectivity index is 2.62. The van der Waals surface area contributed by atoms with E-state index in [0.717, 1.165) is 9.35 Å². The van der Waals surface area contributed by atoms with Crippen LogP contribution in [0.15, 0.2) is 15.9 Å². The number of halogens is 4. The van der Waals surface area contributed by atoms with Gasteiger partial charge in [0.05, 0.1) is 0 Å². The Bertz CT molecular complexity index is 422. The summed E-state index contributed by atoms with van der Waals surface area (Å²) in [6, 6.07) is 1.80. The Kier molecular flexibility index (Phi) is 5.18. The molecule has 0 amide bonds. The summed E-state index contributed by atoms with van der Waals surface area (Å²) in [4.78, 5) is 12.8. The first-order chi connectivity index (χ1) is 8.20. The highest BCUT2D eigenvalue weighted by molar-refractivity contribution is 9.10. The molecule has 0 aliphatic heterocycles. The van der Waals surface area contributed by atoms with Crippen molar-refractivity contribution in [2.45, 2.75) is 12.7 Å². The van der Waals surface area contributed by atoms with E-state index in [4.69, 9.17) is 5.11 Å². The lowest BCUT2D eigenvalue weighted by atomic mass is 10.1. The van der Waals surface area contributed by atoms with Gasteiger partial charge in [-0.05, 0) is 29.0 Å². The zero-order valence-corrected chi connectivity index (χ0v) is 11.8. The summed E-state index contributed by atoms with van der Waals surface area (Å²) in [5.74, 6) is -4.20. The summed E-state index contributed by atoms with van der Waals surface area (Å²) < 4.78 is 38.2. The average molecular weight is 346 g/mol. The first kappa shape index (κ1) is 15.5. The number of hydrogen-bond acceptors (Lipinski definition) is 3. The molecule has 1 N–H and O–H groups in total. The fourth-order valence-corrected chi connectivity index (χ4v) is 2.93. The van der Waals surface area contributed by atoms with E-state index in [1.807, 2.05) is 5.38 Å². The second-order valence-electron chi connectivity index (χ2n) is 3.86. The van der Waals surface area contributed by atoms with Gasteiger partial charge in [0, 0.05) is 27.8 Å². The normalized spacial score (nSPS) is 13.9. The summed E-state index contributed by atoms with van der Waals surface area (Å²) in [7, 11) is 1.47. The first-order valence-corrected chi connectivity index (χ1v) is 6.58. The molecule has 1 aromatic heterocycles. The van der Waals surface area contributed by atoms with Gasteiger partial charge in [-0.2, -0.15) is 13.2 Å². The molecule has 0 aliphatic rings. The molecule has 0 radical (unpaired) electrons. The Labute approximate surface area is 114 Å². The number of thiophene rings is 1. The van der Waals surface area contributed by atoms with Crippen molar-refractivity contribution in [3.63, 3.8) is 0 Å². The lowest BCUT2D eigenvalue weighted by Crippen LogP contribution is -2.39. The number of nitrogens with zero attached hydrogens (tertiary/aromatic N) is 1. The van der Waals surface area contributed by atoms with Gasteiger partial charge in [-0.25, -0.2) is 0 Å². The number of carbonyl (C=O) groups is 1. The van der Waals surface area contributed by atoms with Crippen molar-refractivity contribution in [2.24, 2.45) is 5.92 Å². The van der Waals surface area contributed by atoms with Crippen LogP contribution in [-0.2, 0) is 11.3 Å². The van der Waals surface area contributed by atoms with Gasteiger partial charge in [0.2, 0.25) is 0 Å². The van der Waals surface area contributed by atoms with Crippen molar-refractivity contribution >= 4 is 33.2 Å². The van der Waals surface area contributed by atoms with E-state index in [0.29, 0.717) is 0 Å². The summed E-state index contributed by atoms with van der Waals surface area (Å²) in [5.41, 5.74) is 0. The van der Waals surface area contributed by atoms with Crippen LogP contribution in [0.4, 0.5) is 13.2 Å². The third-order valence-electron chi connectivity index (χ3n) is 2.23. The topological polar surface area (TPSA) is 40.5 Å². The number of carboxylic acids is 1. The molecule has 1 aromatic rings. The number of carboxylic acid groups (broad SMARTS) is 1. The van der Waals surface area contributed by atoms with Crippen LogP contribution in [0.2, 0.25) is 0 Å². The molecular weight excluding hydrogens is 335 g/mol. The van der Waals surface area contributed by atoms with Crippen LogP contribution >= 0.6 is 27.3 Å². The summed E-state index contributed by atoms with van der Waals surface area (Å²) in [5, 5.41) is 10.4. The van der Waals surface area contributed by atoms with E-state index in [2.05, 4.69) is 15.9 Å². The van der Waals surface area contributed by atoms with Crippen molar-refractivity contribution < 1.29 is 23.1 Å². The fourth-order valence-electron chi connectivity index (χ4n) is 1.40. The molecule has 0 saturated heterocycles. The van der Waals surface area contributed by atoms with Crippen LogP contribution < -0.4 is 0 Å². The van der Waals surface area contributed by atoms with Gasteiger partial charge in [-0.15, -0.1) is 11.3 Å². The fraction of sp³-hybridized carbons (Fsp3) is 0.500. The highest BCUT2D eigenvalue weighted by atomic mass is 79.9. The Morgan fingerprint density at radius 1 is 1.61 bits per heavy atom. The Morgan fingerprint density at radius 3 is 2.61 bits per heavy atom. The Hall–Kier alpha value is -0.600. The summed E-state index contributed by atoms with van der Waals surface area (Å²) in [6.45, 7) is -0.273. The second kappa shape index (κ2) is 6.03. The second-order valence-corrected chi connectivity index (χ2v) is 5.77. The van der Waals surface area contributed by atoms with Gasteiger partial charge < -0.3 is 10.0 Å².